The monoisotopic (exact) mass is 522 g/mol. The van der Waals surface area contributed by atoms with Crippen molar-refractivity contribution in [3.05, 3.63) is 143 Å². The fourth-order valence-electron chi connectivity index (χ4n) is 4.66. The van der Waals surface area contributed by atoms with Gasteiger partial charge in [-0.1, -0.05) is 78.9 Å². The summed E-state index contributed by atoms with van der Waals surface area (Å²) in [6.07, 6.45) is 1.01. The molecule has 0 bridgehead atoms. The van der Waals surface area contributed by atoms with Crippen molar-refractivity contribution >= 4 is 26.5 Å². The van der Waals surface area contributed by atoms with Gasteiger partial charge in [0, 0.05) is 16.5 Å². The molecule has 1 N–H and O–H groups in total. The van der Waals surface area contributed by atoms with E-state index in [0.717, 1.165) is 22.8 Å². The summed E-state index contributed by atoms with van der Waals surface area (Å²) in [5.41, 5.74) is 11.3. The number of aromatic hydroxyl groups is 1. The predicted molar refractivity (Wildman–Crippen MR) is 143 cm³/mol. The first-order valence-corrected chi connectivity index (χ1v) is 13.1. The number of fused-ring (bicyclic) bond motifs is 1. The predicted octanol–water partition coefficient (Wildman–Crippen LogP) is 5.36. The van der Waals surface area contributed by atoms with E-state index < -0.39 is 27.0 Å². The molecule has 7 nitrogen and oxygen atoms in total. The maximum absolute atomic E-state index is 13.3. The first-order valence-electron chi connectivity index (χ1n) is 11.7. The van der Waals surface area contributed by atoms with E-state index in [1.807, 2.05) is 42.5 Å². The van der Waals surface area contributed by atoms with Crippen molar-refractivity contribution in [1.29, 1.82) is 0 Å². The molecule has 0 saturated carbocycles. The highest BCUT2D eigenvalue weighted by molar-refractivity contribution is 7.96. The number of phenols is 1. The van der Waals surface area contributed by atoms with Gasteiger partial charge in [0.15, 0.2) is 0 Å². The lowest BCUT2D eigenvalue weighted by molar-refractivity contribution is -0.00437. The van der Waals surface area contributed by atoms with Gasteiger partial charge in [-0.25, -0.2) is 0 Å². The topological polar surface area (TPSA) is 117 Å². The Hall–Kier alpha value is -4.78. The molecule has 8 heteroatoms. The zero-order chi connectivity index (χ0) is 26.9. The van der Waals surface area contributed by atoms with Gasteiger partial charge in [0.2, 0.25) is 0 Å². The highest BCUT2D eigenvalue weighted by Gasteiger charge is 2.36. The normalized spacial score (nSPS) is 14.6. The minimum atomic E-state index is -4.38. The smallest absolute Gasteiger partial charge is 0.364 e. The van der Waals surface area contributed by atoms with Crippen molar-refractivity contribution < 1.29 is 27.3 Å². The van der Waals surface area contributed by atoms with Crippen molar-refractivity contribution in [2.75, 3.05) is 0 Å². The van der Waals surface area contributed by atoms with E-state index in [1.54, 1.807) is 48.5 Å². The second-order valence-corrected chi connectivity index (χ2v) is 10.5. The van der Waals surface area contributed by atoms with Crippen molar-refractivity contribution in [2.45, 2.75) is 12.3 Å². The van der Waals surface area contributed by atoms with Crippen LogP contribution in [0.3, 0.4) is 0 Å². The highest BCUT2D eigenvalue weighted by Crippen LogP contribution is 2.40. The Bertz CT molecular complexity index is 1720. The molecule has 1 atom stereocenters. The standard InChI is InChI=1S/C30H22N2O5S/c1-30(20-7-3-2-4-8-20,21-11-15-23(33)16-12-21)22-13-17-24(18-14-22)37-38(35,36)28-19-27(32-31)29(34)26-10-6-5-9-25(26)28/h2-19,33H,1H3. The number of allylic oxidation sites excluding steroid dienone is 1. The SMILES string of the molecule is CC(c1ccccc1)(c1ccc(O)cc1)c1ccc(OS(=O)(=O)C2=CC(=[N+]=[N-])C(=O)c3ccccc32)cc1. The number of rotatable bonds is 6. The fourth-order valence-corrected chi connectivity index (χ4v) is 5.82. The number of hydrogen-bond donors (Lipinski definition) is 1. The largest absolute Gasteiger partial charge is 0.508 e. The van der Waals surface area contributed by atoms with Gasteiger partial charge in [0.25, 0.3) is 5.78 Å². The van der Waals surface area contributed by atoms with Crippen LogP contribution in [-0.2, 0) is 15.5 Å². The summed E-state index contributed by atoms with van der Waals surface area (Å²) in [6.45, 7) is 2.05. The Kier molecular flexibility index (Phi) is 6.28. The number of nitrogens with zero attached hydrogens (tertiary/aromatic N) is 2. The van der Waals surface area contributed by atoms with Crippen LogP contribution in [-0.4, -0.2) is 29.8 Å². The molecule has 0 amide bonds. The summed E-state index contributed by atoms with van der Waals surface area (Å²) in [5.74, 6) is -0.346. The van der Waals surface area contributed by atoms with E-state index in [2.05, 4.69) is 11.7 Å². The van der Waals surface area contributed by atoms with E-state index in [-0.39, 0.29) is 27.5 Å². The molecular formula is C30H22N2O5S. The molecule has 1 unspecified atom stereocenters. The van der Waals surface area contributed by atoms with Crippen LogP contribution in [0, 0.1) is 0 Å². The molecule has 1 aliphatic carbocycles. The van der Waals surface area contributed by atoms with E-state index >= 15 is 0 Å². The number of hydrogen-bond acceptors (Lipinski definition) is 5. The van der Waals surface area contributed by atoms with Gasteiger partial charge < -0.3 is 14.8 Å². The zero-order valence-electron chi connectivity index (χ0n) is 20.3. The fraction of sp³-hybridized carbons (Fsp3) is 0.0667. The molecule has 0 saturated heterocycles. The molecule has 0 spiro atoms. The quantitative estimate of drug-likeness (QED) is 0.158. The molecular weight excluding hydrogens is 500 g/mol. The van der Waals surface area contributed by atoms with Crippen LogP contribution >= 0.6 is 0 Å². The summed E-state index contributed by atoms with van der Waals surface area (Å²) in [4.78, 5) is 15.2. The molecule has 188 valence electrons. The number of Topliss-reactive ketones (excluding diaryl/α,β-unsaturated/α-hetero) is 1. The summed E-state index contributed by atoms with van der Waals surface area (Å²) in [7, 11) is -4.38. The average Bonchev–Trinajstić information content (AvgIpc) is 2.94. The molecule has 4 aromatic carbocycles. The van der Waals surface area contributed by atoms with Crippen LogP contribution in [0.25, 0.3) is 10.4 Å². The lowest BCUT2D eigenvalue weighted by Gasteiger charge is -2.32. The first-order chi connectivity index (χ1) is 18.2. The van der Waals surface area contributed by atoms with E-state index in [4.69, 9.17) is 4.18 Å². The van der Waals surface area contributed by atoms with Gasteiger partial charge >= 0.3 is 15.8 Å². The van der Waals surface area contributed by atoms with Crippen LogP contribution in [0.4, 0.5) is 0 Å². The lowest BCUT2D eigenvalue weighted by atomic mass is 9.71. The average molecular weight is 523 g/mol. The summed E-state index contributed by atoms with van der Waals surface area (Å²) >= 11 is 0. The number of carbonyl (C=O) groups is 1. The molecule has 4 aromatic rings. The number of benzene rings is 4. The van der Waals surface area contributed by atoms with Gasteiger partial charge in [0.05, 0.1) is 6.08 Å². The summed E-state index contributed by atoms with van der Waals surface area (Å²) < 4.78 is 32.0. The Labute approximate surface area is 220 Å². The minimum absolute atomic E-state index is 0.0765. The second-order valence-electron chi connectivity index (χ2n) is 8.97. The molecule has 0 fully saturated rings. The Morgan fingerprint density at radius 3 is 1.89 bits per heavy atom. The molecule has 1 aliphatic rings. The third kappa shape index (κ3) is 4.32. The lowest BCUT2D eigenvalue weighted by Crippen LogP contribution is -2.25. The second kappa shape index (κ2) is 9.59. The molecule has 38 heavy (non-hydrogen) atoms. The van der Waals surface area contributed by atoms with Crippen LogP contribution in [0.15, 0.2) is 109 Å². The van der Waals surface area contributed by atoms with Gasteiger partial charge in [-0.15, -0.1) is 0 Å². The van der Waals surface area contributed by atoms with Crippen molar-refractivity contribution in [1.82, 2.24) is 0 Å². The maximum Gasteiger partial charge on any atom is 0.364 e. The van der Waals surface area contributed by atoms with E-state index in [0.29, 0.717) is 0 Å². The summed E-state index contributed by atoms with van der Waals surface area (Å²) in [6, 6.07) is 29.7. The van der Waals surface area contributed by atoms with Crippen LogP contribution in [0.5, 0.6) is 11.5 Å². The van der Waals surface area contributed by atoms with Gasteiger partial charge in [-0.05, 0) is 47.9 Å². The molecule has 0 radical (unpaired) electrons. The molecule has 0 heterocycles. The third-order valence-corrected chi connectivity index (χ3v) is 8.04. The number of ketones is 1. The maximum atomic E-state index is 13.3. The van der Waals surface area contributed by atoms with E-state index in [1.165, 1.54) is 12.1 Å². The Morgan fingerprint density at radius 2 is 1.29 bits per heavy atom. The van der Waals surface area contributed by atoms with Crippen molar-refractivity contribution in [2.24, 2.45) is 0 Å². The Morgan fingerprint density at radius 1 is 0.763 bits per heavy atom. The van der Waals surface area contributed by atoms with Gasteiger partial charge in [0.1, 0.15) is 16.4 Å². The van der Waals surface area contributed by atoms with Crippen molar-refractivity contribution in [3.8, 4) is 11.5 Å². The minimum Gasteiger partial charge on any atom is -0.508 e. The van der Waals surface area contributed by atoms with E-state index in [9.17, 15) is 23.8 Å². The summed E-state index contributed by atoms with van der Waals surface area (Å²) in [5, 5.41) is 9.81. The van der Waals surface area contributed by atoms with Gasteiger partial charge in [-0.3, -0.25) is 4.79 Å². The molecule has 5 rings (SSSR count). The molecule has 0 aliphatic heterocycles. The number of phenolic OH excluding ortho intramolecular Hbond substituents is 1. The number of carbonyl (C=O) groups excluding carboxylic acids is 1. The zero-order valence-corrected chi connectivity index (χ0v) is 21.1. The Balaban J connectivity index is 1.52. The highest BCUT2D eigenvalue weighted by atomic mass is 32.2. The van der Waals surface area contributed by atoms with Crippen LogP contribution < -0.4 is 4.18 Å². The molecule has 0 aromatic heterocycles. The van der Waals surface area contributed by atoms with Gasteiger partial charge in [-0.2, -0.15) is 13.2 Å². The van der Waals surface area contributed by atoms with Crippen LogP contribution in [0.1, 0.15) is 39.5 Å². The first kappa shape index (κ1) is 24.9. The third-order valence-electron chi connectivity index (χ3n) is 6.75. The van der Waals surface area contributed by atoms with Crippen molar-refractivity contribution in [3.63, 3.8) is 0 Å². The van der Waals surface area contributed by atoms with Crippen LogP contribution in [0.2, 0.25) is 0 Å².